The third-order valence-electron chi connectivity index (χ3n) is 5.73. The molecule has 1 aromatic heterocycles. The summed E-state index contributed by atoms with van der Waals surface area (Å²) in [7, 11) is -3.23. The van der Waals surface area contributed by atoms with Crippen molar-refractivity contribution in [3.63, 3.8) is 0 Å². The smallest absolute Gasteiger partial charge is 0.258 e. The van der Waals surface area contributed by atoms with Crippen molar-refractivity contribution in [2.45, 2.75) is 32.2 Å². The van der Waals surface area contributed by atoms with Gasteiger partial charge in [-0.25, -0.2) is 12.7 Å². The predicted octanol–water partition coefficient (Wildman–Crippen LogP) is 2.55. The van der Waals surface area contributed by atoms with Crippen molar-refractivity contribution >= 4 is 10.0 Å². The molecule has 4 rings (SSSR count). The van der Waals surface area contributed by atoms with Gasteiger partial charge in [-0.2, -0.15) is 5.26 Å². The molecule has 2 atom stereocenters. The van der Waals surface area contributed by atoms with Crippen molar-refractivity contribution in [2.75, 3.05) is 18.8 Å². The molecule has 1 aromatic carbocycles. The van der Waals surface area contributed by atoms with Crippen molar-refractivity contribution in [1.82, 2.24) is 8.87 Å². The summed E-state index contributed by atoms with van der Waals surface area (Å²) in [6.07, 6.45) is 1.52. The molecule has 146 valence electrons. The molecule has 0 unspecified atom stereocenters. The van der Waals surface area contributed by atoms with E-state index in [0.29, 0.717) is 37.2 Å². The van der Waals surface area contributed by atoms with Crippen LogP contribution in [-0.4, -0.2) is 36.1 Å². The molecule has 0 N–H and O–H groups in total. The Balaban J connectivity index is 1.71. The van der Waals surface area contributed by atoms with Crippen LogP contribution in [0.15, 0.2) is 41.2 Å². The third-order valence-corrected chi connectivity index (χ3v) is 7.74. The maximum Gasteiger partial charge on any atom is 0.258 e. The SMILES string of the molecule is CCCS(=O)(=O)N1C[C@H]2C[C@H](C1)c1ccc(-c3cccc(C#N)c3)c(=O)n1C2. The Morgan fingerprint density at radius 3 is 2.75 bits per heavy atom. The molecule has 0 spiro atoms. The lowest BCUT2D eigenvalue weighted by atomic mass is 9.84. The molecule has 0 radical (unpaired) electrons. The highest BCUT2D eigenvalue weighted by Crippen LogP contribution is 2.36. The zero-order chi connectivity index (χ0) is 19.9. The van der Waals surface area contributed by atoms with Crippen LogP contribution in [0.2, 0.25) is 0 Å². The minimum Gasteiger partial charge on any atom is -0.311 e. The number of hydrogen-bond acceptors (Lipinski definition) is 4. The summed E-state index contributed by atoms with van der Waals surface area (Å²) in [5.41, 5.74) is 2.69. The van der Waals surface area contributed by atoms with Crippen molar-refractivity contribution in [3.05, 3.63) is 58.0 Å². The van der Waals surface area contributed by atoms with Crippen LogP contribution in [0.3, 0.4) is 0 Å². The van der Waals surface area contributed by atoms with Gasteiger partial charge in [-0.05, 0) is 48.6 Å². The molecule has 1 fully saturated rings. The van der Waals surface area contributed by atoms with E-state index in [1.807, 2.05) is 29.7 Å². The van der Waals surface area contributed by atoms with E-state index in [4.69, 9.17) is 5.26 Å². The predicted molar refractivity (Wildman–Crippen MR) is 107 cm³/mol. The topological polar surface area (TPSA) is 83.2 Å². The van der Waals surface area contributed by atoms with E-state index in [-0.39, 0.29) is 23.1 Å². The molecule has 28 heavy (non-hydrogen) atoms. The average Bonchev–Trinajstić information content (AvgIpc) is 2.68. The second-order valence-corrected chi connectivity index (χ2v) is 9.80. The van der Waals surface area contributed by atoms with Crippen LogP contribution in [0.1, 0.15) is 36.9 Å². The van der Waals surface area contributed by atoms with Gasteiger partial charge in [-0.3, -0.25) is 4.79 Å². The second kappa shape index (κ2) is 7.19. The van der Waals surface area contributed by atoms with E-state index in [1.165, 1.54) is 0 Å². The Hall–Kier alpha value is -2.43. The van der Waals surface area contributed by atoms with Gasteiger partial charge in [-0.15, -0.1) is 0 Å². The van der Waals surface area contributed by atoms with Gasteiger partial charge in [0, 0.05) is 36.8 Å². The molecule has 3 heterocycles. The molecule has 0 amide bonds. The second-order valence-electron chi connectivity index (χ2n) is 7.71. The fourth-order valence-corrected chi connectivity index (χ4v) is 6.11. The number of aromatic nitrogens is 1. The normalized spacial score (nSPS) is 21.7. The maximum absolute atomic E-state index is 13.2. The summed E-state index contributed by atoms with van der Waals surface area (Å²) >= 11 is 0. The minimum absolute atomic E-state index is 0.0475. The summed E-state index contributed by atoms with van der Waals surface area (Å²) in [5.74, 6) is 0.371. The van der Waals surface area contributed by atoms with Crippen LogP contribution < -0.4 is 5.56 Å². The van der Waals surface area contributed by atoms with E-state index in [9.17, 15) is 13.2 Å². The Morgan fingerprint density at radius 2 is 2.00 bits per heavy atom. The van der Waals surface area contributed by atoms with Gasteiger partial charge in [-0.1, -0.05) is 19.1 Å². The Labute approximate surface area is 165 Å². The molecule has 0 aliphatic carbocycles. The van der Waals surface area contributed by atoms with Gasteiger partial charge in [0.25, 0.3) is 5.56 Å². The van der Waals surface area contributed by atoms with Crippen LogP contribution in [-0.2, 0) is 16.6 Å². The summed E-state index contributed by atoms with van der Waals surface area (Å²) in [4.78, 5) is 13.2. The fourth-order valence-electron chi connectivity index (χ4n) is 4.49. The number of nitrogens with zero attached hydrogens (tertiary/aromatic N) is 3. The summed E-state index contributed by atoms with van der Waals surface area (Å²) in [5, 5.41) is 9.12. The summed E-state index contributed by atoms with van der Waals surface area (Å²) < 4.78 is 28.5. The molecule has 7 heteroatoms. The number of piperidine rings is 1. The molecule has 2 aliphatic rings. The largest absolute Gasteiger partial charge is 0.311 e. The lowest BCUT2D eigenvalue weighted by Crippen LogP contribution is -2.49. The Kier molecular flexibility index (Phi) is 4.86. The van der Waals surface area contributed by atoms with Crippen molar-refractivity contribution in [2.24, 2.45) is 5.92 Å². The highest BCUT2D eigenvalue weighted by atomic mass is 32.2. The van der Waals surface area contributed by atoms with Gasteiger partial charge in [0.05, 0.1) is 17.4 Å². The summed E-state index contributed by atoms with van der Waals surface area (Å²) in [6.45, 7) is 3.34. The molecule has 0 saturated carbocycles. The molecule has 1 saturated heterocycles. The van der Waals surface area contributed by atoms with Crippen molar-refractivity contribution in [3.8, 4) is 17.2 Å². The number of pyridine rings is 1. The maximum atomic E-state index is 13.2. The minimum atomic E-state index is -3.23. The van der Waals surface area contributed by atoms with Crippen LogP contribution in [0.5, 0.6) is 0 Å². The first-order valence-electron chi connectivity index (χ1n) is 9.65. The lowest BCUT2D eigenvalue weighted by molar-refractivity contribution is 0.186. The standard InChI is InChI=1S/C21H23N3O3S/c1-2-8-28(26,27)23-12-16-10-18(14-23)20-7-6-19(21(25)24(20)13-16)17-5-3-4-15(9-17)11-22/h3-7,9,16,18H,2,8,10,12-14H2,1H3/t16-,18-/m1/s1. The zero-order valence-electron chi connectivity index (χ0n) is 15.8. The lowest BCUT2D eigenvalue weighted by Gasteiger charge is -2.42. The van der Waals surface area contributed by atoms with Crippen LogP contribution in [0.4, 0.5) is 0 Å². The van der Waals surface area contributed by atoms with E-state index in [0.717, 1.165) is 17.7 Å². The highest BCUT2D eigenvalue weighted by molar-refractivity contribution is 7.89. The van der Waals surface area contributed by atoms with Gasteiger partial charge in [0.2, 0.25) is 10.0 Å². The first kappa shape index (κ1) is 18.9. The molecule has 2 bridgehead atoms. The van der Waals surface area contributed by atoms with E-state index in [2.05, 4.69) is 6.07 Å². The third kappa shape index (κ3) is 3.27. The first-order chi connectivity index (χ1) is 13.4. The average molecular weight is 398 g/mol. The molecule has 2 aliphatic heterocycles. The molecule has 6 nitrogen and oxygen atoms in total. The highest BCUT2D eigenvalue weighted by Gasteiger charge is 2.38. The number of nitriles is 1. The van der Waals surface area contributed by atoms with Crippen LogP contribution in [0.25, 0.3) is 11.1 Å². The fraction of sp³-hybridized carbons (Fsp3) is 0.429. The molecular formula is C21H23N3O3S. The summed E-state index contributed by atoms with van der Waals surface area (Å²) in [6, 6.07) is 12.9. The van der Waals surface area contributed by atoms with Gasteiger partial charge < -0.3 is 4.57 Å². The Bertz CT molecular complexity index is 1110. The van der Waals surface area contributed by atoms with Gasteiger partial charge in [0.1, 0.15) is 0 Å². The molecular weight excluding hydrogens is 374 g/mol. The number of rotatable bonds is 4. The van der Waals surface area contributed by atoms with E-state index >= 15 is 0 Å². The van der Waals surface area contributed by atoms with Gasteiger partial charge in [0.15, 0.2) is 0 Å². The van der Waals surface area contributed by atoms with Crippen molar-refractivity contribution in [1.29, 1.82) is 5.26 Å². The number of sulfonamides is 1. The van der Waals surface area contributed by atoms with E-state index in [1.54, 1.807) is 22.5 Å². The number of fused-ring (bicyclic) bond motifs is 4. The van der Waals surface area contributed by atoms with Crippen molar-refractivity contribution < 1.29 is 8.42 Å². The number of benzene rings is 1. The van der Waals surface area contributed by atoms with Crippen LogP contribution >= 0.6 is 0 Å². The van der Waals surface area contributed by atoms with E-state index < -0.39 is 10.0 Å². The van der Waals surface area contributed by atoms with Gasteiger partial charge >= 0.3 is 0 Å². The monoisotopic (exact) mass is 397 g/mol. The van der Waals surface area contributed by atoms with Crippen LogP contribution in [0, 0.1) is 17.2 Å². The Morgan fingerprint density at radius 1 is 1.18 bits per heavy atom. The zero-order valence-corrected chi connectivity index (χ0v) is 16.7. The molecule has 2 aromatic rings. The quantitative estimate of drug-likeness (QED) is 0.794. The number of hydrogen-bond donors (Lipinski definition) is 0. The first-order valence-corrected chi connectivity index (χ1v) is 11.3.